The minimum absolute atomic E-state index is 0.227. The summed E-state index contributed by atoms with van der Waals surface area (Å²) in [6, 6.07) is 6.46. The van der Waals surface area contributed by atoms with E-state index < -0.39 is 0 Å². The summed E-state index contributed by atoms with van der Waals surface area (Å²) in [7, 11) is 0. The summed E-state index contributed by atoms with van der Waals surface area (Å²) in [6.45, 7) is 7.72. The van der Waals surface area contributed by atoms with Crippen molar-refractivity contribution in [3.05, 3.63) is 34.9 Å². The molecule has 0 bridgehead atoms. The molecule has 15 heavy (non-hydrogen) atoms. The maximum absolute atomic E-state index is 9.40. The van der Waals surface area contributed by atoms with Gasteiger partial charge in [0.1, 0.15) is 0 Å². The molecule has 0 heterocycles. The van der Waals surface area contributed by atoms with Crippen molar-refractivity contribution in [2.45, 2.75) is 39.8 Å². The number of benzene rings is 1. The second kappa shape index (κ2) is 5.89. The van der Waals surface area contributed by atoms with Gasteiger partial charge in [-0.15, -0.1) is 0 Å². The first-order valence-corrected chi connectivity index (χ1v) is 5.58. The molecule has 0 spiro atoms. The normalized spacial score (nSPS) is 12.8. The van der Waals surface area contributed by atoms with Crippen molar-refractivity contribution in [2.75, 3.05) is 6.54 Å². The number of aliphatic hydroxyl groups is 1. The van der Waals surface area contributed by atoms with Gasteiger partial charge in [-0.1, -0.05) is 30.7 Å². The Labute approximate surface area is 92.3 Å². The molecule has 2 nitrogen and oxygen atoms in total. The quantitative estimate of drug-likeness (QED) is 0.775. The molecular formula is C13H21NO. The Bertz CT molecular complexity index is 309. The van der Waals surface area contributed by atoms with Crippen LogP contribution in [0.2, 0.25) is 0 Å². The van der Waals surface area contributed by atoms with Crippen LogP contribution in [0.5, 0.6) is 0 Å². The Balaban J connectivity index is 2.46. The molecule has 0 saturated heterocycles. The van der Waals surface area contributed by atoms with Crippen molar-refractivity contribution in [1.82, 2.24) is 5.32 Å². The smallest absolute Gasteiger partial charge is 0.0662 e. The zero-order valence-corrected chi connectivity index (χ0v) is 9.88. The van der Waals surface area contributed by atoms with Crippen molar-refractivity contribution >= 4 is 0 Å². The SMILES string of the molecule is CCC(O)CNCc1cc(C)ccc1C. The van der Waals surface area contributed by atoms with Crippen LogP contribution in [0.3, 0.4) is 0 Å². The maximum Gasteiger partial charge on any atom is 0.0662 e. The molecule has 0 radical (unpaired) electrons. The molecule has 1 rings (SSSR count). The van der Waals surface area contributed by atoms with Gasteiger partial charge >= 0.3 is 0 Å². The summed E-state index contributed by atoms with van der Waals surface area (Å²) in [5, 5.41) is 12.7. The predicted molar refractivity (Wildman–Crippen MR) is 63.9 cm³/mol. The first-order valence-electron chi connectivity index (χ1n) is 5.58. The number of hydrogen-bond acceptors (Lipinski definition) is 2. The lowest BCUT2D eigenvalue weighted by Crippen LogP contribution is -2.25. The third kappa shape index (κ3) is 4.02. The average Bonchev–Trinajstić information content (AvgIpc) is 2.23. The summed E-state index contributed by atoms with van der Waals surface area (Å²) in [5.74, 6) is 0. The van der Waals surface area contributed by atoms with E-state index in [1.165, 1.54) is 16.7 Å². The van der Waals surface area contributed by atoms with Crippen LogP contribution in [-0.4, -0.2) is 17.8 Å². The van der Waals surface area contributed by atoms with E-state index >= 15 is 0 Å². The van der Waals surface area contributed by atoms with Gasteiger partial charge < -0.3 is 10.4 Å². The highest BCUT2D eigenvalue weighted by Gasteiger charge is 2.01. The van der Waals surface area contributed by atoms with E-state index in [0.717, 1.165) is 13.0 Å². The number of nitrogens with one attached hydrogen (secondary N) is 1. The molecule has 2 heteroatoms. The minimum atomic E-state index is -0.227. The van der Waals surface area contributed by atoms with E-state index in [-0.39, 0.29) is 6.10 Å². The van der Waals surface area contributed by atoms with E-state index in [1.807, 2.05) is 6.92 Å². The molecule has 0 fully saturated rings. The highest BCUT2D eigenvalue weighted by Crippen LogP contribution is 2.10. The molecule has 1 unspecified atom stereocenters. The third-order valence-electron chi connectivity index (χ3n) is 2.67. The summed E-state index contributed by atoms with van der Waals surface area (Å²) in [6.07, 6.45) is 0.579. The molecule has 84 valence electrons. The molecule has 1 aromatic rings. The van der Waals surface area contributed by atoms with Crippen molar-refractivity contribution in [3.63, 3.8) is 0 Å². The molecule has 0 saturated carbocycles. The van der Waals surface area contributed by atoms with Gasteiger partial charge in [-0.05, 0) is 31.4 Å². The van der Waals surface area contributed by atoms with E-state index in [9.17, 15) is 5.11 Å². The topological polar surface area (TPSA) is 32.3 Å². The van der Waals surface area contributed by atoms with E-state index in [2.05, 4.69) is 37.4 Å². The van der Waals surface area contributed by atoms with Crippen LogP contribution < -0.4 is 5.32 Å². The van der Waals surface area contributed by atoms with E-state index in [4.69, 9.17) is 0 Å². The Hall–Kier alpha value is -0.860. The molecule has 0 aromatic heterocycles. The van der Waals surface area contributed by atoms with Crippen LogP contribution in [0.4, 0.5) is 0 Å². The Morgan fingerprint density at radius 1 is 1.33 bits per heavy atom. The van der Waals surface area contributed by atoms with Gasteiger partial charge in [0.25, 0.3) is 0 Å². The first-order chi connectivity index (χ1) is 7.13. The summed E-state index contributed by atoms with van der Waals surface area (Å²) >= 11 is 0. The van der Waals surface area contributed by atoms with E-state index in [0.29, 0.717) is 6.54 Å². The number of hydrogen-bond donors (Lipinski definition) is 2. The fourth-order valence-electron chi connectivity index (χ4n) is 1.51. The Kier molecular flexibility index (Phi) is 4.79. The zero-order chi connectivity index (χ0) is 11.3. The fourth-order valence-corrected chi connectivity index (χ4v) is 1.51. The second-order valence-corrected chi connectivity index (χ2v) is 4.12. The van der Waals surface area contributed by atoms with Gasteiger partial charge in [0.2, 0.25) is 0 Å². The van der Waals surface area contributed by atoms with Crippen molar-refractivity contribution in [3.8, 4) is 0 Å². The largest absolute Gasteiger partial charge is 0.392 e. The molecule has 1 atom stereocenters. The second-order valence-electron chi connectivity index (χ2n) is 4.12. The lowest BCUT2D eigenvalue weighted by atomic mass is 10.1. The highest BCUT2D eigenvalue weighted by atomic mass is 16.3. The van der Waals surface area contributed by atoms with Crippen LogP contribution in [-0.2, 0) is 6.54 Å². The fraction of sp³-hybridized carbons (Fsp3) is 0.538. The number of rotatable bonds is 5. The summed E-state index contributed by atoms with van der Waals surface area (Å²) in [5.41, 5.74) is 3.91. The Morgan fingerprint density at radius 2 is 2.07 bits per heavy atom. The van der Waals surface area contributed by atoms with Gasteiger partial charge in [0.05, 0.1) is 6.10 Å². The lowest BCUT2D eigenvalue weighted by molar-refractivity contribution is 0.167. The maximum atomic E-state index is 9.40. The van der Waals surface area contributed by atoms with Crippen LogP contribution in [0.1, 0.15) is 30.0 Å². The predicted octanol–water partition coefficient (Wildman–Crippen LogP) is 2.16. The molecule has 1 aromatic carbocycles. The van der Waals surface area contributed by atoms with Crippen molar-refractivity contribution in [1.29, 1.82) is 0 Å². The molecular weight excluding hydrogens is 186 g/mol. The van der Waals surface area contributed by atoms with Crippen LogP contribution in [0.25, 0.3) is 0 Å². The zero-order valence-electron chi connectivity index (χ0n) is 9.88. The monoisotopic (exact) mass is 207 g/mol. The molecule has 0 aliphatic rings. The Morgan fingerprint density at radius 3 is 2.73 bits per heavy atom. The minimum Gasteiger partial charge on any atom is -0.392 e. The molecule has 0 aliphatic heterocycles. The van der Waals surface area contributed by atoms with Crippen LogP contribution in [0, 0.1) is 13.8 Å². The van der Waals surface area contributed by atoms with Crippen LogP contribution in [0.15, 0.2) is 18.2 Å². The molecule has 0 amide bonds. The van der Waals surface area contributed by atoms with Crippen molar-refractivity contribution < 1.29 is 5.11 Å². The molecule has 2 N–H and O–H groups in total. The highest BCUT2D eigenvalue weighted by molar-refractivity contribution is 5.30. The first kappa shape index (κ1) is 12.2. The van der Waals surface area contributed by atoms with Gasteiger partial charge in [-0.2, -0.15) is 0 Å². The van der Waals surface area contributed by atoms with Gasteiger partial charge in [0.15, 0.2) is 0 Å². The number of aryl methyl sites for hydroxylation is 2. The number of aliphatic hydroxyl groups excluding tert-OH is 1. The third-order valence-corrected chi connectivity index (χ3v) is 2.67. The van der Waals surface area contributed by atoms with Crippen LogP contribution >= 0.6 is 0 Å². The van der Waals surface area contributed by atoms with Gasteiger partial charge in [-0.3, -0.25) is 0 Å². The van der Waals surface area contributed by atoms with E-state index in [1.54, 1.807) is 0 Å². The van der Waals surface area contributed by atoms with Gasteiger partial charge in [0, 0.05) is 13.1 Å². The standard InChI is InChI=1S/C13H21NO/c1-4-13(15)9-14-8-12-7-10(2)5-6-11(12)3/h5-7,13-15H,4,8-9H2,1-3H3. The van der Waals surface area contributed by atoms with Gasteiger partial charge in [-0.25, -0.2) is 0 Å². The summed E-state index contributed by atoms with van der Waals surface area (Å²) in [4.78, 5) is 0. The summed E-state index contributed by atoms with van der Waals surface area (Å²) < 4.78 is 0. The molecule has 0 aliphatic carbocycles. The van der Waals surface area contributed by atoms with Crippen molar-refractivity contribution in [2.24, 2.45) is 0 Å². The average molecular weight is 207 g/mol. The lowest BCUT2D eigenvalue weighted by Gasteiger charge is -2.11.